The van der Waals surface area contributed by atoms with Crippen LogP contribution in [0.3, 0.4) is 0 Å². The predicted octanol–water partition coefficient (Wildman–Crippen LogP) is 5.25. The lowest BCUT2D eigenvalue weighted by Crippen LogP contribution is -2.11. The van der Waals surface area contributed by atoms with Gasteiger partial charge in [-0.3, -0.25) is 0 Å². The molecule has 0 amide bonds. The van der Waals surface area contributed by atoms with Crippen molar-refractivity contribution in [1.82, 2.24) is 0 Å². The second kappa shape index (κ2) is 4.92. The van der Waals surface area contributed by atoms with Gasteiger partial charge in [0.25, 0.3) is 0 Å². The van der Waals surface area contributed by atoms with E-state index in [0.29, 0.717) is 5.25 Å². The van der Waals surface area contributed by atoms with Crippen molar-refractivity contribution >= 4 is 27.7 Å². The van der Waals surface area contributed by atoms with Crippen molar-refractivity contribution < 1.29 is 0 Å². The summed E-state index contributed by atoms with van der Waals surface area (Å²) in [6.07, 6.45) is 0. The third-order valence-corrected chi connectivity index (χ3v) is 3.55. The highest BCUT2D eigenvalue weighted by atomic mass is 79.9. The van der Waals surface area contributed by atoms with Gasteiger partial charge in [0.2, 0.25) is 0 Å². The highest BCUT2D eigenvalue weighted by Crippen LogP contribution is 2.32. The Morgan fingerprint density at radius 1 is 1.13 bits per heavy atom. The van der Waals surface area contributed by atoms with Crippen LogP contribution in [-0.4, -0.2) is 5.25 Å². The Labute approximate surface area is 106 Å². The average Bonchev–Trinajstić information content (AvgIpc) is 1.99. The monoisotopic (exact) mass is 286 g/mol. The molecule has 0 nitrogen and oxygen atoms in total. The molecule has 0 unspecified atom stereocenters. The van der Waals surface area contributed by atoms with E-state index in [0.717, 1.165) is 0 Å². The second-order valence-electron chi connectivity index (χ2n) is 5.09. The summed E-state index contributed by atoms with van der Waals surface area (Å²) in [6, 6.07) is 6.71. The molecule has 0 aliphatic rings. The Morgan fingerprint density at radius 2 is 1.73 bits per heavy atom. The minimum atomic E-state index is 0.218. The second-order valence-corrected chi connectivity index (χ2v) is 7.66. The van der Waals surface area contributed by atoms with Gasteiger partial charge in [-0.2, -0.15) is 0 Å². The Hall–Kier alpha value is 0.0500. The molecule has 1 rings (SSSR count). The number of thioether (sulfide) groups is 1. The highest BCUT2D eigenvalue weighted by molar-refractivity contribution is 9.10. The van der Waals surface area contributed by atoms with Crippen LogP contribution in [0.4, 0.5) is 0 Å². The number of halogens is 1. The molecule has 0 aromatic heterocycles. The van der Waals surface area contributed by atoms with Gasteiger partial charge in [0.05, 0.1) is 0 Å². The first-order valence-corrected chi connectivity index (χ1v) is 6.94. The van der Waals surface area contributed by atoms with Crippen LogP contribution in [0, 0.1) is 0 Å². The third kappa shape index (κ3) is 4.20. The summed E-state index contributed by atoms with van der Waals surface area (Å²) < 4.78 is 1.18. The van der Waals surface area contributed by atoms with E-state index < -0.39 is 0 Å². The first-order chi connectivity index (χ1) is 6.79. The summed E-state index contributed by atoms with van der Waals surface area (Å²) >= 11 is 5.49. The molecule has 2 heteroatoms. The van der Waals surface area contributed by atoms with Crippen molar-refractivity contribution in [3.8, 4) is 0 Å². The minimum absolute atomic E-state index is 0.218. The zero-order valence-electron chi connectivity index (χ0n) is 10.1. The molecular weight excluding hydrogens is 268 g/mol. The first kappa shape index (κ1) is 13.1. The van der Waals surface area contributed by atoms with E-state index in [1.165, 1.54) is 14.9 Å². The Bertz CT molecular complexity index is 337. The van der Waals surface area contributed by atoms with Crippen molar-refractivity contribution in [2.24, 2.45) is 0 Å². The number of hydrogen-bond donors (Lipinski definition) is 0. The van der Waals surface area contributed by atoms with E-state index in [4.69, 9.17) is 0 Å². The van der Waals surface area contributed by atoms with Crippen molar-refractivity contribution in [3.63, 3.8) is 0 Å². The first-order valence-electron chi connectivity index (χ1n) is 5.27. The zero-order chi connectivity index (χ0) is 11.6. The van der Waals surface area contributed by atoms with Crippen LogP contribution in [0.5, 0.6) is 0 Å². The molecule has 0 bridgehead atoms. The van der Waals surface area contributed by atoms with E-state index in [1.807, 2.05) is 11.8 Å². The largest absolute Gasteiger partial charge is 0.123 e. The van der Waals surface area contributed by atoms with Crippen molar-refractivity contribution in [1.29, 1.82) is 0 Å². The SMILES string of the molecule is CC(C)Sc1cc(Br)cc(C(C)(C)C)c1. The molecule has 1 aromatic carbocycles. The normalized spacial score (nSPS) is 12.2. The van der Waals surface area contributed by atoms with Crippen LogP contribution in [0.15, 0.2) is 27.6 Å². The Balaban J connectivity index is 3.06. The molecule has 0 saturated heterocycles. The standard InChI is InChI=1S/C13H19BrS/c1-9(2)15-12-7-10(13(3,4)5)6-11(14)8-12/h6-9H,1-5H3. The van der Waals surface area contributed by atoms with Gasteiger partial charge in [0.1, 0.15) is 0 Å². The molecule has 0 aliphatic carbocycles. The van der Waals surface area contributed by atoms with Crippen LogP contribution >= 0.6 is 27.7 Å². The fourth-order valence-corrected chi connectivity index (χ4v) is 2.92. The quantitative estimate of drug-likeness (QED) is 0.670. The van der Waals surface area contributed by atoms with Crippen LogP contribution < -0.4 is 0 Å². The van der Waals surface area contributed by atoms with Crippen molar-refractivity contribution in [3.05, 3.63) is 28.2 Å². The maximum Gasteiger partial charge on any atom is 0.0189 e. The number of hydrogen-bond acceptors (Lipinski definition) is 1. The molecule has 1 aromatic rings. The Morgan fingerprint density at radius 3 is 2.20 bits per heavy atom. The molecule has 0 saturated carbocycles. The van der Waals surface area contributed by atoms with Gasteiger partial charge in [-0.1, -0.05) is 50.5 Å². The predicted molar refractivity (Wildman–Crippen MR) is 73.8 cm³/mol. The highest BCUT2D eigenvalue weighted by Gasteiger charge is 2.15. The lowest BCUT2D eigenvalue weighted by Gasteiger charge is -2.20. The van der Waals surface area contributed by atoms with Gasteiger partial charge in [-0.25, -0.2) is 0 Å². The lowest BCUT2D eigenvalue weighted by atomic mass is 9.87. The fourth-order valence-electron chi connectivity index (χ4n) is 1.34. The topological polar surface area (TPSA) is 0 Å². The van der Waals surface area contributed by atoms with Crippen LogP contribution in [-0.2, 0) is 5.41 Å². The summed E-state index contributed by atoms with van der Waals surface area (Å²) in [5, 5.41) is 0.632. The maximum absolute atomic E-state index is 3.58. The van der Waals surface area contributed by atoms with Crippen LogP contribution in [0.25, 0.3) is 0 Å². The Kier molecular flexibility index (Phi) is 4.30. The summed E-state index contributed by atoms with van der Waals surface area (Å²) in [5.74, 6) is 0. The van der Waals surface area contributed by atoms with E-state index >= 15 is 0 Å². The van der Waals surface area contributed by atoms with E-state index in [-0.39, 0.29) is 5.41 Å². The molecule has 84 valence electrons. The lowest BCUT2D eigenvalue weighted by molar-refractivity contribution is 0.588. The molecule has 0 fully saturated rings. The van der Waals surface area contributed by atoms with E-state index in [9.17, 15) is 0 Å². The molecule has 0 spiro atoms. The molecule has 0 radical (unpaired) electrons. The molecule has 0 atom stereocenters. The molecule has 15 heavy (non-hydrogen) atoms. The summed E-state index contributed by atoms with van der Waals surface area (Å²) in [7, 11) is 0. The smallest absolute Gasteiger partial charge is 0.0189 e. The number of benzene rings is 1. The van der Waals surface area contributed by atoms with E-state index in [1.54, 1.807) is 0 Å². The maximum atomic E-state index is 3.58. The van der Waals surface area contributed by atoms with Crippen molar-refractivity contribution in [2.75, 3.05) is 0 Å². The van der Waals surface area contributed by atoms with E-state index in [2.05, 4.69) is 68.7 Å². The van der Waals surface area contributed by atoms with Gasteiger partial charge in [-0.05, 0) is 29.2 Å². The molecule has 0 aliphatic heterocycles. The molecule has 0 N–H and O–H groups in total. The van der Waals surface area contributed by atoms with Crippen LogP contribution in [0.1, 0.15) is 40.2 Å². The minimum Gasteiger partial charge on any atom is -0.123 e. The van der Waals surface area contributed by atoms with Gasteiger partial charge < -0.3 is 0 Å². The fraction of sp³-hybridized carbons (Fsp3) is 0.538. The van der Waals surface area contributed by atoms with Crippen LogP contribution in [0.2, 0.25) is 0 Å². The van der Waals surface area contributed by atoms with Gasteiger partial charge in [0.15, 0.2) is 0 Å². The summed E-state index contributed by atoms with van der Waals surface area (Å²) in [4.78, 5) is 1.35. The molecular formula is C13H19BrS. The number of rotatable bonds is 2. The zero-order valence-corrected chi connectivity index (χ0v) is 12.5. The summed E-state index contributed by atoms with van der Waals surface area (Å²) in [6.45, 7) is 11.2. The summed E-state index contributed by atoms with van der Waals surface area (Å²) in [5.41, 5.74) is 1.61. The third-order valence-electron chi connectivity index (χ3n) is 2.11. The van der Waals surface area contributed by atoms with Crippen molar-refractivity contribution in [2.45, 2.75) is 50.2 Å². The average molecular weight is 287 g/mol. The molecule has 0 heterocycles. The van der Waals surface area contributed by atoms with Gasteiger partial charge in [0, 0.05) is 14.6 Å². The van der Waals surface area contributed by atoms with Gasteiger partial charge >= 0.3 is 0 Å². The van der Waals surface area contributed by atoms with Gasteiger partial charge in [-0.15, -0.1) is 11.8 Å².